The van der Waals surface area contributed by atoms with Gasteiger partial charge in [-0.2, -0.15) is 0 Å². The van der Waals surface area contributed by atoms with E-state index in [4.69, 9.17) is 4.74 Å². The van der Waals surface area contributed by atoms with Gasteiger partial charge in [-0.25, -0.2) is 0 Å². The van der Waals surface area contributed by atoms with Crippen LogP contribution < -0.4 is 5.32 Å². The Morgan fingerprint density at radius 2 is 1.73 bits per heavy atom. The van der Waals surface area contributed by atoms with Gasteiger partial charge in [0.1, 0.15) is 0 Å². The summed E-state index contributed by atoms with van der Waals surface area (Å²) in [7, 11) is 1.58. The summed E-state index contributed by atoms with van der Waals surface area (Å²) in [5.74, 6) is -0.187. The molecule has 0 bridgehead atoms. The maximum Gasteiger partial charge on any atom is 0.261 e. The minimum atomic E-state index is -0.364. The van der Waals surface area contributed by atoms with Gasteiger partial charge in [-0.15, -0.1) is 0 Å². The number of ether oxygens (including phenoxy) is 1. The van der Waals surface area contributed by atoms with E-state index in [0.29, 0.717) is 36.4 Å². The molecule has 0 radical (unpaired) electrons. The van der Waals surface area contributed by atoms with Crippen molar-refractivity contribution in [3.05, 3.63) is 64.7 Å². The lowest BCUT2D eigenvalue weighted by atomic mass is 9.99. The highest BCUT2D eigenvalue weighted by Gasteiger charge is 2.35. The fraction of sp³-hybridized carbons (Fsp3) is 0.423. The van der Waals surface area contributed by atoms with E-state index in [9.17, 15) is 14.4 Å². The Bertz CT molecular complexity index is 1030. The van der Waals surface area contributed by atoms with Gasteiger partial charge in [-0.05, 0) is 74.2 Å². The Kier molecular flexibility index (Phi) is 7.20. The molecule has 0 aliphatic carbocycles. The number of carbonyl (C=O) groups is 3. The number of nitrogens with one attached hydrogen (secondary N) is 1. The molecule has 7 heteroatoms. The third kappa shape index (κ3) is 5.31. The van der Waals surface area contributed by atoms with Gasteiger partial charge < -0.3 is 10.1 Å². The number of hydrogen-bond acceptors (Lipinski definition) is 5. The zero-order chi connectivity index (χ0) is 23.4. The van der Waals surface area contributed by atoms with Gasteiger partial charge in [0.05, 0.1) is 11.1 Å². The molecule has 2 heterocycles. The third-order valence-electron chi connectivity index (χ3n) is 6.46. The van der Waals surface area contributed by atoms with Crippen LogP contribution in [0.3, 0.4) is 0 Å². The zero-order valence-electron chi connectivity index (χ0n) is 19.3. The van der Waals surface area contributed by atoms with E-state index in [1.165, 1.54) is 29.4 Å². The van der Waals surface area contributed by atoms with Crippen LogP contribution in [0.2, 0.25) is 0 Å². The van der Waals surface area contributed by atoms with Crippen molar-refractivity contribution < 1.29 is 19.1 Å². The minimum Gasteiger partial charge on any atom is -0.385 e. The molecule has 7 nitrogen and oxygen atoms in total. The van der Waals surface area contributed by atoms with Crippen LogP contribution in [0.5, 0.6) is 0 Å². The van der Waals surface area contributed by atoms with E-state index < -0.39 is 0 Å². The lowest BCUT2D eigenvalue weighted by molar-refractivity contribution is 0.0638. The number of methoxy groups -OCH3 is 1. The standard InChI is InChI=1S/C26H31N3O4/c1-18-10-13-28(14-11-18)17-19-4-7-21(8-5-19)27-24(30)20-6-9-22-23(16-20)26(32)29(25(22)31)12-3-15-33-2/h4-9,16,18H,3,10-15,17H2,1-2H3,(H,27,30). The van der Waals surface area contributed by atoms with Crippen molar-refractivity contribution in [1.82, 2.24) is 9.80 Å². The minimum absolute atomic E-state index is 0.274. The summed E-state index contributed by atoms with van der Waals surface area (Å²) < 4.78 is 5.00. The molecule has 0 atom stereocenters. The molecule has 2 aliphatic heterocycles. The molecule has 1 N–H and O–H groups in total. The van der Waals surface area contributed by atoms with E-state index in [1.54, 1.807) is 19.2 Å². The average Bonchev–Trinajstić information content (AvgIpc) is 3.06. The summed E-state index contributed by atoms with van der Waals surface area (Å²) in [6, 6.07) is 12.5. The second-order valence-electron chi connectivity index (χ2n) is 8.98. The Balaban J connectivity index is 1.38. The fourth-order valence-corrected chi connectivity index (χ4v) is 4.38. The second-order valence-corrected chi connectivity index (χ2v) is 8.98. The van der Waals surface area contributed by atoms with Crippen LogP contribution in [0, 0.1) is 5.92 Å². The van der Waals surface area contributed by atoms with Gasteiger partial charge in [-0.1, -0.05) is 19.1 Å². The largest absolute Gasteiger partial charge is 0.385 e. The summed E-state index contributed by atoms with van der Waals surface area (Å²) in [5, 5.41) is 2.89. The molecule has 2 aromatic rings. The molecular weight excluding hydrogens is 418 g/mol. The number of amides is 3. The summed E-state index contributed by atoms with van der Waals surface area (Å²) in [4.78, 5) is 41.7. The van der Waals surface area contributed by atoms with E-state index in [0.717, 1.165) is 25.6 Å². The first-order valence-electron chi connectivity index (χ1n) is 11.6. The maximum absolute atomic E-state index is 12.8. The lowest BCUT2D eigenvalue weighted by Crippen LogP contribution is -2.32. The molecule has 0 aromatic heterocycles. The number of imide groups is 1. The topological polar surface area (TPSA) is 79.0 Å². The first-order valence-corrected chi connectivity index (χ1v) is 11.6. The molecule has 0 unspecified atom stereocenters. The molecule has 0 saturated carbocycles. The van der Waals surface area contributed by atoms with Crippen molar-refractivity contribution >= 4 is 23.4 Å². The maximum atomic E-state index is 12.8. The quantitative estimate of drug-likeness (QED) is 0.490. The molecule has 1 fully saturated rings. The Morgan fingerprint density at radius 1 is 1.03 bits per heavy atom. The molecule has 1 saturated heterocycles. The van der Waals surface area contributed by atoms with Gasteiger partial charge in [0.25, 0.3) is 17.7 Å². The average molecular weight is 450 g/mol. The third-order valence-corrected chi connectivity index (χ3v) is 6.46. The number of fused-ring (bicyclic) bond motifs is 1. The van der Waals surface area contributed by atoms with Crippen LogP contribution in [-0.2, 0) is 11.3 Å². The molecule has 2 aliphatic rings. The van der Waals surface area contributed by atoms with Gasteiger partial charge in [0, 0.05) is 38.1 Å². The smallest absolute Gasteiger partial charge is 0.261 e. The zero-order valence-corrected chi connectivity index (χ0v) is 19.3. The van der Waals surface area contributed by atoms with Crippen molar-refractivity contribution in [3.8, 4) is 0 Å². The first kappa shape index (κ1) is 23.1. The second kappa shape index (κ2) is 10.3. The van der Waals surface area contributed by atoms with Crippen molar-refractivity contribution in [2.24, 2.45) is 5.92 Å². The van der Waals surface area contributed by atoms with Crippen LogP contribution in [0.15, 0.2) is 42.5 Å². The number of benzene rings is 2. The van der Waals surface area contributed by atoms with E-state index in [1.807, 2.05) is 24.3 Å². The molecule has 0 spiro atoms. The van der Waals surface area contributed by atoms with Gasteiger partial charge >= 0.3 is 0 Å². The number of anilines is 1. The number of likely N-dealkylation sites (tertiary alicyclic amines) is 1. The first-order chi connectivity index (χ1) is 16.0. The highest BCUT2D eigenvalue weighted by molar-refractivity contribution is 6.22. The molecule has 33 heavy (non-hydrogen) atoms. The van der Waals surface area contributed by atoms with Gasteiger partial charge in [0.2, 0.25) is 0 Å². The molecule has 3 amide bonds. The van der Waals surface area contributed by atoms with Crippen molar-refractivity contribution in [2.45, 2.75) is 32.7 Å². The number of hydrogen-bond donors (Lipinski definition) is 1. The van der Waals surface area contributed by atoms with E-state index in [-0.39, 0.29) is 23.3 Å². The molecule has 2 aromatic carbocycles. The monoisotopic (exact) mass is 449 g/mol. The van der Waals surface area contributed by atoms with Crippen molar-refractivity contribution in [2.75, 3.05) is 38.7 Å². The molecule has 174 valence electrons. The van der Waals surface area contributed by atoms with Gasteiger partial charge in [0.15, 0.2) is 0 Å². The highest BCUT2D eigenvalue weighted by Crippen LogP contribution is 2.25. The summed E-state index contributed by atoms with van der Waals surface area (Å²) >= 11 is 0. The number of carbonyl (C=O) groups excluding carboxylic acids is 3. The summed E-state index contributed by atoms with van der Waals surface area (Å²) in [6.07, 6.45) is 3.06. The van der Waals surface area contributed by atoms with Crippen molar-refractivity contribution in [3.63, 3.8) is 0 Å². The van der Waals surface area contributed by atoms with Crippen LogP contribution in [0.4, 0.5) is 5.69 Å². The van der Waals surface area contributed by atoms with Crippen LogP contribution in [0.25, 0.3) is 0 Å². The van der Waals surface area contributed by atoms with Crippen LogP contribution in [0.1, 0.15) is 62.8 Å². The van der Waals surface area contributed by atoms with Crippen molar-refractivity contribution in [1.29, 1.82) is 0 Å². The Labute approximate surface area is 194 Å². The number of piperidine rings is 1. The molecule has 4 rings (SSSR count). The van der Waals surface area contributed by atoms with Crippen LogP contribution in [-0.4, -0.2) is 60.9 Å². The van der Waals surface area contributed by atoms with E-state index >= 15 is 0 Å². The Hall–Kier alpha value is -3.03. The van der Waals surface area contributed by atoms with Gasteiger partial charge in [-0.3, -0.25) is 24.2 Å². The molecular formula is C26H31N3O4. The van der Waals surface area contributed by atoms with E-state index in [2.05, 4.69) is 17.1 Å². The lowest BCUT2D eigenvalue weighted by Gasteiger charge is -2.30. The number of rotatable bonds is 8. The predicted octanol–water partition coefficient (Wildman–Crippen LogP) is 3.80. The van der Waals surface area contributed by atoms with Crippen LogP contribution >= 0.6 is 0 Å². The fourth-order valence-electron chi connectivity index (χ4n) is 4.38. The predicted molar refractivity (Wildman–Crippen MR) is 126 cm³/mol. The number of nitrogens with zero attached hydrogens (tertiary/aromatic N) is 2. The summed E-state index contributed by atoms with van der Waals surface area (Å²) in [5.41, 5.74) is 2.87. The Morgan fingerprint density at radius 3 is 2.42 bits per heavy atom. The summed E-state index contributed by atoms with van der Waals surface area (Å²) in [6.45, 7) is 6.25. The SMILES string of the molecule is COCCCN1C(=O)c2ccc(C(=O)Nc3ccc(CN4CCC(C)CC4)cc3)cc2C1=O. The normalized spacial score (nSPS) is 16.8. The highest BCUT2D eigenvalue weighted by atomic mass is 16.5.